The molecule has 1 heterocycles. The lowest BCUT2D eigenvalue weighted by Gasteiger charge is -2.47. The summed E-state index contributed by atoms with van der Waals surface area (Å²) in [5, 5.41) is 2.71. The fourth-order valence-corrected chi connectivity index (χ4v) is 5.67. The second-order valence-electron chi connectivity index (χ2n) is 9.02. The van der Waals surface area contributed by atoms with E-state index in [1.54, 1.807) is 37.3 Å². The second-order valence-corrected chi connectivity index (χ2v) is 11.3. The fourth-order valence-electron chi connectivity index (χ4n) is 4.78. The van der Waals surface area contributed by atoms with Gasteiger partial charge in [0.15, 0.2) is 15.4 Å². The molecule has 6 nitrogen and oxygen atoms in total. The summed E-state index contributed by atoms with van der Waals surface area (Å²) in [5.74, 6) is -0.393. The minimum absolute atomic E-state index is 0.0154. The lowest BCUT2D eigenvalue weighted by Crippen LogP contribution is -2.60. The topological polar surface area (TPSA) is 75.7 Å². The molecule has 3 aromatic rings. The monoisotopic (exact) mass is 546 g/mol. The number of nitrogens with zero attached hydrogens (tertiary/aromatic N) is 1. The number of rotatable bonds is 8. The molecule has 1 amide bonds. The van der Waals surface area contributed by atoms with E-state index < -0.39 is 21.6 Å². The van der Waals surface area contributed by atoms with Crippen molar-refractivity contribution in [2.75, 3.05) is 37.4 Å². The molecule has 0 spiro atoms. The molecule has 38 heavy (non-hydrogen) atoms. The maximum atomic E-state index is 15.0. The number of hydrogen-bond acceptors (Lipinski definition) is 5. The number of benzene rings is 3. The predicted octanol–water partition coefficient (Wildman–Crippen LogP) is 4.80. The summed E-state index contributed by atoms with van der Waals surface area (Å²) >= 11 is 0. The van der Waals surface area contributed by atoms with Gasteiger partial charge in [-0.3, -0.25) is 9.69 Å². The van der Waals surface area contributed by atoms with Crippen LogP contribution in [0.1, 0.15) is 23.6 Å². The van der Waals surface area contributed by atoms with Crippen molar-refractivity contribution in [2.24, 2.45) is 0 Å². The van der Waals surface area contributed by atoms with Crippen LogP contribution in [-0.2, 0) is 31.3 Å². The van der Waals surface area contributed by atoms with E-state index in [1.807, 2.05) is 0 Å². The number of morpholine rings is 1. The lowest BCUT2D eigenvalue weighted by molar-refractivity contribution is -0.231. The van der Waals surface area contributed by atoms with Crippen molar-refractivity contribution in [3.05, 3.63) is 95.6 Å². The number of sulfone groups is 1. The van der Waals surface area contributed by atoms with E-state index >= 15 is 13.2 Å². The highest BCUT2D eigenvalue weighted by atomic mass is 32.2. The molecule has 1 saturated heterocycles. The highest BCUT2D eigenvalue weighted by Crippen LogP contribution is 2.49. The fraction of sp³-hybridized carbons (Fsp3) is 0.321. The Bertz CT molecular complexity index is 1340. The average molecular weight is 547 g/mol. The first-order valence-electron chi connectivity index (χ1n) is 12.2. The Balaban J connectivity index is 1.58. The summed E-state index contributed by atoms with van der Waals surface area (Å²) in [6.07, 6.45) is -4.65. The molecule has 0 saturated carbocycles. The number of alkyl halides is 3. The third-order valence-electron chi connectivity index (χ3n) is 6.70. The van der Waals surface area contributed by atoms with Gasteiger partial charge >= 0.3 is 6.18 Å². The Morgan fingerprint density at radius 3 is 2.03 bits per heavy atom. The Morgan fingerprint density at radius 1 is 0.895 bits per heavy atom. The zero-order chi connectivity index (χ0) is 27.4. The predicted molar refractivity (Wildman–Crippen MR) is 139 cm³/mol. The molecule has 0 aromatic heterocycles. The highest BCUT2D eigenvalue weighted by molar-refractivity contribution is 7.91. The third-order valence-corrected chi connectivity index (χ3v) is 8.45. The van der Waals surface area contributed by atoms with E-state index in [4.69, 9.17) is 4.74 Å². The molecule has 202 valence electrons. The van der Waals surface area contributed by atoms with Crippen molar-refractivity contribution in [3.8, 4) is 0 Å². The summed E-state index contributed by atoms with van der Waals surface area (Å²) in [6, 6.07) is 19.6. The number of carbonyl (C=O) groups is 1. The molecule has 1 aliphatic heterocycles. The van der Waals surface area contributed by atoms with Crippen molar-refractivity contribution < 1.29 is 31.1 Å². The van der Waals surface area contributed by atoms with Gasteiger partial charge in [-0.15, -0.1) is 0 Å². The smallest absolute Gasteiger partial charge is 0.379 e. The summed E-state index contributed by atoms with van der Waals surface area (Å²) in [4.78, 5) is 14.2. The number of amides is 1. The van der Waals surface area contributed by atoms with Gasteiger partial charge in [0, 0.05) is 18.8 Å². The number of hydrogen-bond donors (Lipinski definition) is 1. The van der Waals surface area contributed by atoms with E-state index in [-0.39, 0.29) is 60.4 Å². The Morgan fingerprint density at radius 2 is 1.47 bits per heavy atom. The van der Waals surface area contributed by atoms with Crippen LogP contribution in [-0.4, -0.2) is 57.5 Å². The van der Waals surface area contributed by atoms with Crippen LogP contribution in [0.3, 0.4) is 0 Å². The lowest BCUT2D eigenvalue weighted by atomic mass is 9.80. The minimum atomic E-state index is -4.63. The summed E-state index contributed by atoms with van der Waals surface area (Å²) in [5.41, 5.74) is -1.25. The van der Waals surface area contributed by atoms with Crippen LogP contribution < -0.4 is 5.32 Å². The van der Waals surface area contributed by atoms with Gasteiger partial charge in [0.2, 0.25) is 5.91 Å². The van der Waals surface area contributed by atoms with Crippen LogP contribution in [0.15, 0.2) is 83.8 Å². The first-order chi connectivity index (χ1) is 18.1. The van der Waals surface area contributed by atoms with Crippen molar-refractivity contribution in [3.63, 3.8) is 0 Å². The van der Waals surface area contributed by atoms with Crippen molar-refractivity contribution in [2.45, 2.75) is 30.0 Å². The van der Waals surface area contributed by atoms with Crippen molar-refractivity contribution in [1.82, 2.24) is 4.90 Å². The molecule has 1 atom stereocenters. The van der Waals surface area contributed by atoms with Crippen molar-refractivity contribution >= 4 is 21.4 Å². The molecular formula is C28H29F3N2O4S. The normalized spacial score (nSPS) is 16.5. The molecule has 1 aliphatic rings. The molecular weight excluding hydrogens is 517 g/mol. The molecule has 3 aromatic carbocycles. The molecule has 1 fully saturated rings. The molecule has 1 unspecified atom stereocenters. The standard InChI is InChI=1S/C28H29F3N2O4S/c1-2-38(35,36)25-14-8-21(9-15-25)20-26(34)32-24-12-10-23(11-13-24)27(28(29,30)31,22-6-4-3-5-7-22)33-16-18-37-19-17-33/h3-15H,2,16-20H2,1H3,(H,32,34). The van der Waals surface area contributed by atoms with Crippen LogP contribution in [0.25, 0.3) is 0 Å². The molecule has 4 rings (SSSR count). The minimum Gasteiger partial charge on any atom is -0.379 e. The Kier molecular flexibility index (Phi) is 8.25. The molecule has 1 N–H and O–H groups in total. The Labute approximate surface area is 220 Å². The van der Waals surface area contributed by atoms with Gasteiger partial charge in [0.05, 0.1) is 30.3 Å². The largest absolute Gasteiger partial charge is 0.415 e. The quantitative estimate of drug-likeness (QED) is 0.440. The molecule has 0 aliphatic carbocycles. The number of carbonyl (C=O) groups excluding carboxylic acids is 1. The van der Waals surface area contributed by atoms with Gasteiger partial charge in [-0.2, -0.15) is 13.2 Å². The van der Waals surface area contributed by atoms with Crippen LogP contribution in [0.5, 0.6) is 0 Å². The first kappa shape index (κ1) is 27.8. The van der Waals surface area contributed by atoms with Gasteiger partial charge in [-0.05, 0) is 41.0 Å². The zero-order valence-electron chi connectivity index (χ0n) is 20.9. The number of ether oxygens (including phenoxy) is 1. The van der Waals surface area contributed by atoms with Gasteiger partial charge in [0.1, 0.15) is 0 Å². The molecule has 0 bridgehead atoms. The van der Waals surface area contributed by atoms with Crippen molar-refractivity contribution in [1.29, 1.82) is 0 Å². The van der Waals surface area contributed by atoms with Gasteiger partial charge in [0.25, 0.3) is 0 Å². The van der Waals surface area contributed by atoms with Crippen LogP contribution >= 0.6 is 0 Å². The molecule has 0 radical (unpaired) electrons. The Hall–Kier alpha value is -3.21. The van der Waals surface area contributed by atoms with E-state index in [0.717, 1.165) is 0 Å². The van der Waals surface area contributed by atoms with E-state index in [2.05, 4.69) is 5.32 Å². The SMILES string of the molecule is CCS(=O)(=O)c1ccc(CC(=O)Nc2ccc(C(c3ccccc3)(N3CCOCC3)C(F)(F)F)cc2)cc1. The average Bonchev–Trinajstić information content (AvgIpc) is 2.91. The highest BCUT2D eigenvalue weighted by Gasteiger charge is 2.60. The van der Waals surface area contributed by atoms with E-state index in [0.29, 0.717) is 11.3 Å². The van der Waals surface area contributed by atoms with Gasteiger partial charge in [-0.1, -0.05) is 61.5 Å². The van der Waals surface area contributed by atoms with Gasteiger partial charge in [-0.25, -0.2) is 8.42 Å². The summed E-state index contributed by atoms with van der Waals surface area (Å²) in [7, 11) is -3.34. The molecule has 10 heteroatoms. The number of halogens is 3. The van der Waals surface area contributed by atoms with E-state index in [9.17, 15) is 13.2 Å². The first-order valence-corrected chi connectivity index (χ1v) is 13.9. The van der Waals surface area contributed by atoms with Gasteiger partial charge < -0.3 is 10.1 Å². The summed E-state index contributed by atoms with van der Waals surface area (Å²) < 4.78 is 74.3. The van der Waals surface area contributed by atoms with E-state index in [1.165, 1.54) is 53.4 Å². The second kappa shape index (κ2) is 11.3. The summed E-state index contributed by atoms with van der Waals surface area (Å²) in [6.45, 7) is 2.19. The van der Waals surface area contributed by atoms with Crippen LogP contribution in [0, 0.1) is 0 Å². The number of anilines is 1. The van der Waals surface area contributed by atoms with Crippen LogP contribution in [0.2, 0.25) is 0 Å². The number of nitrogens with one attached hydrogen (secondary N) is 1. The maximum Gasteiger partial charge on any atom is 0.415 e. The third kappa shape index (κ3) is 5.62. The maximum absolute atomic E-state index is 15.0. The van der Waals surface area contributed by atoms with Crippen LogP contribution in [0.4, 0.5) is 18.9 Å². The zero-order valence-corrected chi connectivity index (χ0v) is 21.7.